The normalized spacial score (nSPS) is 11.1. The standard InChI is InChI=1S/C21H26N4O2/c1-14-8-15(2)20-18(10-16(3)23-19(20)9-14)21(26)25(6-7-27-5)13-17-11-22-24(4)12-17/h8-12H,6-7,13H2,1-5H3. The molecule has 0 fully saturated rings. The average Bonchev–Trinajstić information content (AvgIpc) is 3.01. The van der Waals surface area contributed by atoms with Gasteiger partial charge in [-0.15, -0.1) is 0 Å². The zero-order chi connectivity index (χ0) is 19.6. The van der Waals surface area contributed by atoms with Crippen molar-refractivity contribution >= 4 is 16.8 Å². The predicted molar refractivity (Wildman–Crippen MR) is 106 cm³/mol. The van der Waals surface area contributed by atoms with Crippen molar-refractivity contribution in [2.45, 2.75) is 27.3 Å². The topological polar surface area (TPSA) is 60.2 Å². The number of hydrogen-bond acceptors (Lipinski definition) is 4. The lowest BCUT2D eigenvalue weighted by Gasteiger charge is -2.23. The Labute approximate surface area is 159 Å². The SMILES string of the molecule is COCCN(Cc1cnn(C)c1)C(=O)c1cc(C)nc2cc(C)cc(C)c12. The van der Waals surface area contributed by atoms with Gasteiger partial charge in [0.05, 0.1) is 23.9 Å². The molecule has 2 heterocycles. The molecule has 27 heavy (non-hydrogen) atoms. The second-order valence-electron chi connectivity index (χ2n) is 7.03. The number of aryl methyl sites for hydroxylation is 4. The number of aromatic nitrogens is 3. The van der Waals surface area contributed by atoms with E-state index in [0.29, 0.717) is 25.3 Å². The van der Waals surface area contributed by atoms with Gasteiger partial charge in [0.25, 0.3) is 5.91 Å². The van der Waals surface area contributed by atoms with Gasteiger partial charge in [-0.2, -0.15) is 5.10 Å². The number of pyridine rings is 1. The molecule has 3 rings (SSSR count). The number of carbonyl (C=O) groups excluding carboxylic acids is 1. The molecule has 3 aromatic rings. The van der Waals surface area contributed by atoms with Gasteiger partial charge >= 0.3 is 0 Å². The molecule has 142 valence electrons. The van der Waals surface area contributed by atoms with E-state index in [0.717, 1.165) is 33.3 Å². The number of fused-ring (bicyclic) bond motifs is 1. The van der Waals surface area contributed by atoms with Crippen molar-refractivity contribution in [3.05, 3.63) is 58.5 Å². The Morgan fingerprint density at radius 3 is 2.67 bits per heavy atom. The molecule has 2 aromatic heterocycles. The summed E-state index contributed by atoms with van der Waals surface area (Å²) in [7, 11) is 3.52. The lowest BCUT2D eigenvalue weighted by molar-refractivity contribution is 0.0682. The molecule has 6 nitrogen and oxygen atoms in total. The summed E-state index contributed by atoms with van der Waals surface area (Å²) in [5.74, 6) is -0.0154. The molecule has 0 N–H and O–H groups in total. The van der Waals surface area contributed by atoms with Crippen LogP contribution in [0.2, 0.25) is 0 Å². The molecule has 0 aliphatic heterocycles. The third-order valence-corrected chi connectivity index (χ3v) is 4.59. The van der Waals surface area contributed by atoms with Crippen LogP contribution in [0.15, 0.2) is 30.6 Å². The number of benzene rings is 1. The number of ether oxygens (including phenoxy) is 1. The van der Waals surface area contributed by atoms with Crippen LogP contribution in [0, 0.1) is 20.8 Å². The Hall–Kier alpha value is -2.73. The van der Waals surface area contributed by atoms with Crippen LogP contribution in [0.25, 0.3) is 10.9 Å². The summed E-state index contributed by atoms with van der Waals surface area (Å²) < 4.78 is 6.97. The quantitative estimate of drug-likeness (QED) is 0.672. The van der Waals surface area contributed by atoms with Crippen molar-refractivity contribution < 1.29 is 9.53 Å². The van der Waals surface area contributed by atoms with E-state index in [-0.39, 0.29) is 5.91 Å². The molecule has 0 bridgehead atoms. The van der Waals surface area contributed by atoms with Crippen LogP contribution < -0.4 is 0 Å². The molecule has 0 saturated carbocycles. The minimum Gasteiger partial charge on any atom is -0.383 e. The first-order valence-electron chi connectivity index (χ1n) is 9.03. The second-order valence-corrected chi connectivity index (χ2v) is 7.03. The molecule has 0 spiro atoms. The molecule has 6 heteroatoms. The number of nitrogens with zero attached hydrogens (tertiary/aromatic N) is 4. The van der Waals surface area contributed by atoms with Crippen molar-refractivity contribution in [3.8, 4) is 0 Å². The number of carbonyl (C=O) groups is 1. The maximum atomic E-state index is 13.5. The molecule has 1 amide bonds. The lowest BCUT2D eigenvalue weighted by Crippen LogP contribution is -2.33. The Morgan fingerprint density at radius 2 is 2.00 bits per heavy atom. The van der Waals surface area contributed by atoms with Crippen LogP contribution in [0.3, 0.4) is 0 Å². The number of rotatable bonds is 6. The molecule has 0 saturated heterocycles. The summed E-state index contributed by atoms with van der Waals surface area (Å²) in [5.41, 5.74) is 5.59. The van der Waals surface area contributed by atoms with Gasteiger partial charge in [0.1, 0.15) is 0 Å². The summed E-state index contributed by atoms with van der Waals surface area (Å²) in [6, 6.07) is 6.01. The van der Waals surface area contributed by atoms with E-state index in [9.17, 15) is 4.79 Å². The Bertz CT molecular complexity index is 972. The Morgan fingerprint density at radius 1 is 1.22 bits per heavy atom. The minimum absolute atomic E-state index is 0.0154. The number of methoxy groups -OCH3 is 1. The predicted octanol–water partition coefficient (Wildman–Crippen LogP) is 3.18. The summed E-state index contributed by atoms with van der Waals surface area (Å²) in [5, 5.41) is 5.13. The zero-order valence-corrected chi connectivity index (χ0v) is 16.6. The molecule has 1 aromatic carbocycles. The van der Waals surface area contributed by atoms with Gasteiger partial charge in [-0.3, -0.25) is 14.5 Å². The van der Waals surface area contributed by atoms with Crippen LogP contribution in [-0.2, 0) is 18.3 Å². The number of amides is 1. The molecular weight excluding hydrogens is 340 g/mol. The molecule has 0 unspecified atom stereocenters. The summed E-state index contributed by atoms with van der Waals surface area (Å²) in [4.78, 5) is 19.9. The van der Waals surface area contributed by atoms with Gasteiger partial charge in [-0.05, 0) is 44.0 Å². The van der Waals surface area contributed by atoms with Crippen LogP contribution in [0.5, 0.6) is 0 Å². The van der Waals surface area contributed by atoms with Crippen LogP contribution in [0.4, 0.5) is 0 Å². The van der Waals surface area contributed by atoms with Crippen molar-refractivity contribution in [2.24, 2.45) is 7.05 Å². The van der Waals surface area contributed by atoms with Gasteiger partial charge in [0, 0.05) is 50.1 Å². The third kappa shape index (κ3) is 4.17. The maximum absolute atomic E-state index is 13.5. The number of hydrogen-bond donors (Lipinski definition) is 0. The van der Waals surface area contributed by atoms with E-state index < -0.39 is 0 Å². The molecule has 0 radical (unpaired) electrons. The van der Waals surface area contributed by atoms with E-state index in [1.165, 1.54) is 0 Å². The van der Waals surface area contributed by atoms with Crippen LogP contribution in [0.1, 0.15) is 32.7 Å². The summed E-state index contributed by atoms with van der Waals surface area (Å²) in [6.45, 7) is 7.48. The highest BCUT2D eigenvalue weighted by atomic mass is 16.5. The fourth-order valence-corrected chi connectivity index (χ4v) is 3.45. The van der Waals surface area contributed by atoms with E-state index in [2.05, 4.69) is 16.1 Å². The van der Waals surface area contributed by atoms with Gasteiger partial charge in [0.2, 0.25) is 0 Å². The molecule has 0 aliphatic rings. The van der Waals surface area contributed by atoms with Crippen LogP contribution in [-0.4, -0.2) is 45.8 Å². The Kier molecular flexibility index (Phi) is 5.56. The maximum Gasteiger partial charge on any atom is 0.255 e. The third-order valence-electron chi connectivity index (χ3n) is 4.59. The highest BCUT2D eigenvalue weighted by Gasteiger charge is 2.21. The van der Waals surface area contributed by atoms with Crippen molar-refractivity contribution in [1.82, 2.24) is 19.7 Å². The first-order chi connectivity index (χ1) is 12.9. The fraction of sp³-hybridized carbons (Fsp3) is 0.381. The van der Waals surface area contributed by atoms with Crippen molar-refractivity contribution in [1.29, 1.82) is 0 Å². The Balaban J connectivity index is 2.04. The minimum atomic E-state index is -0.0154. The van der Waals surface area contributed by atoms with Gasteiger partial charge in [-0.1, -0.05) is 6.07 Å². The van der Waals surface area contributed by atoms with E-state index in [1.54, 1.807) is 18.0 Å². The molecular formula is C21H26N4O2. The first kappa shape index (κ1) is 19.0. The molecule has 0 aliphatic carbocycles. The van der Waals surface area contributed by atoms with Crippen molar-refractivity contribution in [2.75, 3.05) is 20.3 Å². The van der Waals surface area contributed by atoms with Crippen LogP contribution >= 0.6 is 0 Å². The monoisotopic (exact) mass is 366 g/mol. The van der Waals surface area contributed by atoms with E-state index in [4.69, 9.17) is 4.74 Å². The second kappa shape index (κ2) is 7.88. The summed E-state index contributed by atoms with van der Waals surface area (Å²) in [6.07, 6.45) is 3.72. The molecule has 0 atom stereocenters. The highest BCUT2D eigenvalue weighted by Crippen LogP contribution is 2.25. The average molecular weight is 366 g/mol. The van der Waals surface area contributed by atoms with E-state index >= 15 is 0 Å². The summed E-state index contributed by atoms with van der Waals surface area (Å²) >= 11 is 0. The van der Waals surface area contributed by atoms with E-state index in [1.807, 2.05) is 51.0 Å². The first-order valence-corrected chi connectivity index (χ1v) is 9.03. The smallest absolute Gasteiger partial charge is 0.255 e. The largest absolute Gasteiger partial charge is 0.383 e. The van der Waals surface area contributed by atoms with Gasteiger partial charge in [0.15, 0.2) is 0 Å². The lowest BCUT2D eigenvalue weighted by atomic mass is 9.99. The van der Waals surface area contributed by atoms with Crippen molar-refractivity contribution in [3.63, 3.8) is 0 Å². The fourth-order valence-electron chi connectivity index (χ4n) is 3.45. The van der Waals surface area contributed by atoms with Gasteiger partial charge < -0.3 is 9.64 Å². The highest BCUT2D eigenvalue weighted by molar-refractivity contribution is 6.07. The van der Waals surface area contributed by atoms with Gasteiger partial charge in [-0.25, -0.2) is 0 Å². The zero-order valence-electron chi connectivity index (χ0n) is 16.6.